The van der Waals surface area contributed by atoms with E-state index in [4.69, 9.17) is 4.99 Å². The minimum atomic E-state index is -0.412. The Morgan fingerprint density at radius 3 is 2.00 bits per heavy atom. The van der Waals surface area contributed by atoms with Gasteiger partial charge in [-0.15, -0.1) is 0 Å². The average Bonchev–Trinajstić information content (AvgIpc) is 3.26. The van der Waals surface area contributed by atoms with Gasteiger partial charge in [0, 0.05) is 16.9 Å². The van der Waals surface area contributed by atoms with E-state index in [2.05, 4.69) is 118 Å². The monoisotopic (exact) mass is 421 g/mol. The van der Waals surface area contributed by atoms with Crippen LogP contribution in [0.5, 0.6) is 0 Å². The molecule has 0 aliphatic carbocycles. The Morgan fingerprint density at radius 1 is 0.839 bits per heavy atom. The maximum absolute atomic E-state index is 5.07. The molecule has 0 saturated carbocycles. The summed E-state index contributed by atoms with van der Waals surface area (Å²) < 4.78 is 0. The van der Waals surface area contributed by atoms with Crippen molar-refractivity contribution in [3.05, 3.63) is 119 Å². The smallest absolute Gasteiger partial charge is 0.0721 e. The summed E-state index contributed by atoms with van der Waals surface area (Å²) in [5.41, 5.74) is 7.09. The summed E-state index contributed by atoms with van der Waals surface area (Å²) in [4.78, 5) is 5.07. The number of rotatable bonds is 5. The SMILES string of the molecule is CC1=C(c2ccccc2)[P@]2C[C@]1(C)C(c1ccccc1)=C2C=N[C@@H](C)c1ccccc1. The Bertz CT molecular complexity index is 1180. The van der Waals surface area contributed by atoms with Gasteiger partial charge in [-0.3, -0.25) is 4.99 Å². The highest BCUT2D eigenvalue weighted by Gasteiger charge is 2.51. The number of benzene rings is 3. The third kappa shape index (κ3) is 3.42. The maximum Gasteiger partial charge on any atom is 0.0721 e. The molecule has 0 radical (unpaired) electrons. The van der Waals surface area contributed by atoms with Crippen LogP contribution in [0.4, 0.5) is 0 Å². The van der Waals surface area contributed by atoms with Crippen molar-refractivity contribution in [3.63, 3.8) is 0 Å². The Labute approximate surface area is 187 Å². The Kier molecular flexibility index (Phi) is 5.24. The summed E-state index contributed by atoms with van der Waals surface area (Å²) in [6.45, 7) is 6.99. The van der Waals surface area contributed by atoms with Gasteiger partial charge in [0.05, 0.1) is 6.04 Å². The van der Waals surface area contributed by atoms with Crippen LogP contribution in [0.1, 0.15) is 43.5 Å². The van der Waals surface area contributed by atoms with Crippen molar-refractivity contribution in [2.45, 2.75) is 26.8 Å². The third-order valence-corrected chi connectivity index (χ3v) is 9.84. The number of nitrogens with zero attached hydrogens (tertiary/aromatic N) is 1. The van der Waals surface area contributed by atoms with Crippen molar-refractivity contribution in [2.24, 2.45) is 10.4 Å². The van der Waals surface area contributed by atoms with Crippen LogP contribution in [0.25, 0.3) is 10.9 Å². The summed E-state index contributed by atoms with van der Waals surface area (Å²) in [6, 6.07) is 32.7. The molecule has 0 saturated heterocycles. The zero-order valence-electron chi connectivity index (χ0n) is 18.4. The predicted octanol–water partition coefficient (Wildman–Crippen LogP) is 8.18. The van der Waals surface area contributed by atoms with Crippen molar-refractivity contribution < 1.29 is 0 Å². The number of allylic oxidation sites excluding steroid dienone is 3. The van der Waals surface area contributed by atoms with Gasteiger partial charge in [0.2, 0.25) is 0 Å². The largest absolute Gasteiger partial charge is 0.285 e. The molecule has 3 aromatic carbocycles. The topological polar surface area (TPSA) is 12.4 Å². The predicted molar refractivity (Wildman–Crippen MR) is 136 cm³/mol. The van der Waals surface area contributed by atoms with E-state index in [9.17, 15) is 0 Å². The molecule has 0 amide bonds. The minimum absolute atomic E-state index is 0.0789. The Morgan fingerprint density at radius 2 is 1.39 bits per heavy atom. The molecule has 3 atom stereocenters. The van der Waals surface area contributed by atoms with Crippen LogP contribution in [0.15, 0.2) is 107 Å². The zero-order chi connectivity index (χ0) is 21.4. The van der Waals surface area contributed by atoms with E-state index in [0.717, 1.165) is 0 Å². The number of hydrogen-bond acceptors (Lipinski definition) is 1. The van der Waals surface area contributed by atoms with Crippen molar-refractivity contribution >= 4 is 25.0 Å². The first-order chi connectivity index (χ1) is 15.1. The van der Waals surface area contributed by atoms with E-state index >= 15 is 0 Å². The van der Waals surface area contributed by atoms with Gasteiger partial charge in [0.25, 0.3) is 0 Å². The molecular weight excluding hydrogens is 393 g/mol. The second-order valence-corrected chi connectivity index (χ2v) is 10.9. The molecule has 2 heterocycles. The van der Waals surface area contributed by atoms with Crippen LogP contribution < -0.4 is 0 Å². The molecular formula is C29H28NP. The fraction of sp³-hybridized carbons (Fsp3) is 0.207. The second kappa shape index (κ2) is 8.06. The van der Waals surface area contributed by atoms with E-state index in [1.165, 1.54) is 39.3 Å². The molecule has 2 bridgehead atoms. The van der Waals surface area contributed by atoms with E-state index in [0.29, 0.717) is 0 Å². The lowest BCUT2D eigenvalue weighted by Gasteiger charge is -2.30. The fourth-order valence-corrected chi connectivity index (χ4v) is 8.60. The second-order valence-electron chi connectivity index (χ2n) is 8.75. The van der Waals surface area contributed by atoms with Gasteiger partial charge in [-0.2, -0.15) is 0 Å². The molecule has 0 fully saturated rings. The normalized spacial score (nSPS) is 23.8. The van der Waals surface area contributed by atoms with Crippen LogP contribution in [-0.2, 0) is 0 Å². The molecule has 154 valence electrons. The van der Waals surface area contributed by atoms with E-state index in [-0.39, 0.29) is 11.5 Å². The van der Waals surface area contributed by atoms with Gasteiger partial charge in [0.15, 0.2) is 0 Å². The minimum Gasteiger partial charge on any atom is -0.285 e. The zero-order valence-corrected chi connectivity index (χ0v) is 19.3. The molecule has 3 aromatic rings. The summed E-state index contributed by atoms with van der Waals surface area (Å²) in [5, 5.41) is 3.02. The Hall–Kier alpha value is -2.76. The highest BCUT2D eigenvalue weighted by molar-refractivity contribution is 7.74. The lowest BCUT2D eigenvalue weighted by atomic mass is 9.74. The lowest BCUT2D eigenvalue weighted by molar-refractivity contribution is 0.631. The molecule has 0 unspecified atom stereocenters. The van der Waals surface area contributed by atoms with Gasteiger partial charge in [-0.1, -0.05) is 103 Å². The van der Waals surface area contributed by atoms with Crippen molar-refractivity contribution in [3.8, 4) is 0 Å². The molecule has 5 rings (SSSR count). The summed E-state index contributed by atoms with van der Waals surface area (Å²) in [6.07, 6.45) is 3.41. The van der Waals surface area contributed by atoms with Gasteiger partial charge >= 0.3 is 0 Å². The number of fused-ring (bicyclic) bond motifs is 2. The number of aliphatic imine (C=N–C) groups is 1. The maximum atomic E-state index is 5.07. The quantitative estimate of drug-likeness (QED) is 0.291. The van der Waals surface area contributed by atoms with Crippen LogP contribution in [0.2, 0.25) is 0 Å². The van der Waals surface area contributed by atoms with E-state index in [1.807, 2.05) is 0 Å². The number of hydrogen-bond donors (Lipinski definition) is 0. The molecule has 31 heavy (non-hydrogen) atoms. The molecule has 2 heteroatoms. The van der Waals surface area contributed by atoms with Crippen LogP contribution in [0, 0.1) is 5.41 Å². The summed E-state index contributed by atoms with van der Waals surface area (Å²) in [5.74, 6) is 0. The average molecular weight is 422 g/mol. The van der Waals surface area contributed by atoms with Crippen molar-refractivity contribution in [1.82, 2.24) is 0 Å². The lowest BCUT2D eigenvalue weighted by Crippen LogP contribution is -2.19. The van der Waals surface area contributed by atoms with E-state index < -0.39 is 7.92 Å². The first kappa shape index (κ1) is 20.2. The summed E-state index contributed by atoms with van der Waals surface area (Å²) >= 11 is 0. The van der Waals surface area contributed by atoms with E-state index in [1.54, 1.807) is 5.31 Å². The van der Waals surface area contributed by atoms with Crippen LogP contribution in [0.3, 0.4) is 0 Å². The fourth-order valence-electron chi connectivity index (χ4n) is 5.04. The molecule has 2 aliphatic rings. The molecule has 0 N–H and O–H groups in total. The highest BCUT2D eigenvalue weighted by atomic mass is 31.1. The van der Waals surface area contributed by atoms with Crippen molar-refractivity contribution in [2.75, 3.05) is 6.16 Å². The highest BCUT2D eigenvalue weighted by Crippen LogP contribution is 2.77. The summed E-state index contributed by atoms with van der Waals surface area (Å²) in [7, 11) is -0.412. The standard InChI is InChI=1S/C29H28NP/c1-21-28(25-17-11-6-12-18-25)31-20-29(21,3)27(24-15-9-5-10-16-24)26(31)19-30-22(2)23-13-7-4-8-14-23/h4-19,22H,20H2,1-3H3/t22-,29-,31+/m0/s1. The van der Waals surface area contributed by atoms with Crippen LogP contribution in [-0.4, -0.2) is 12.4 Å². The first-order valence-electron chi connectivity index (χ1n) is 11.0. The van der Waals surface area contributed by atoms with Gasteiger partial charge in [-0.25, -0.2) is 0 Å². The van der Waals surface area contributed by atoms with Gasteiger partial charge in [0.1, 0.15) is 0 Å². The van der Waals surface area contributed by atoms with Gasteiger partial charge in [-0.05, 0) is 55.5 Å². The third-order valence-electron chi connectivity index (χ3n) is 6.84. The molecule has 1 nitrogen and oxygen atoms in total. The first-order valence-corrected chi connectivity index (χ1v) is 12.5. The molecule has 0 aromatic heterocycles. The van der Waals surface area contributed by atoms with Crippen molar-refractivity contribution in [1.29, 1.82) is 0 Å². The van der Waals surface area contributed by atoms with Crippen LogP contribution >= 0.6 is 7.92 Å². The van der Waals surface area contributed by atoms with Gasteiger partial charge < -0.3 is 0 Å². The molecule has 0 spiro atoms. The molecule has 2 aliphatic heterocycles. The Balaban J connectivity index is 1.62.